The number of nitrogens with two attached hydrogens (primary N) is 1. The molecule has 2 N–H and O–H groups in total. The summed E-state index contributed by atoms with van der Waals surface area (Å²) in [6, 6.07) is 8.38. The predicted molar refractivity (Wildman–Crippen MR) is 98.9 cm³/mol. The zero-order valence-corrected chi connectivity index (χ0v) is 15.4. The lowest BCUT2D eigenvalue weighted by Crippen LogP contribution is -2.49. The molecule has 7 heteroatoms. The van der Waals surface area contributed by atoms with Gasteiger partial charge in [0.25, 0.3) is 0 Å². The highest BCUT2D eigenvalue weighted by Gasteiger charge is 2.23. The average molecular weight is 364 g/mol. The van der Waals surface area contributed by atoms with Crippen molar-refractivity contribution in [3.05, 3.63) is 29.8 Å². The van der Waals surface area contributed by atoms with E-state index in [1.165, 1.54) is 11.3 Å². The molecule has 5 nitrogen and oxygen atoms in total. The van der Waals surface area contributed by atoms with Crippen LogP contribution in [0.4, 0.5) is 5.69 Å². The van der Waals surface area contributed by atoms with Crippen LogP contribution in [0, 0.1) is 6.92 Å². The van der Waals surface area contributed by atoms with E-state index in [2.05, 4.69) is 36.1 Å². The maximum atomic E-state index is 12.2. The Bertz CT molecular complexity index is 476. The molecule has 0 radical (unpaired) electrons. The number of methoxy groups -OCH3 is 1. The van der Waals surface area contributed by atoms with Gasteiger partial charge < -0.3 is 20.3 Å². The standard InChI is InChI=1S/C16H25N3O2.2ClH/c1-13-5-3-4-6-15(13)18-7-9-19(10-8-18)16(20)11-14(12-17)21-2;;/h3-6,14H,7-12,17H2,1-2H3;2*1H. The molecule has 1 unspecified atom stereocenters. The molecule has 1 amide bonds. The van der Waals surface area contributed by atoms with Crippen LogP contribution in [0.15, 0.2) is 24.3 Å². The van der Waals surface area contributed by atoms with Crippen molar-refractivity contribution in [3.63, 3.8) is 0 Å². The molecule has 0 aliphatic carbocycles. The van der Waals surface area contributed by atoms with E-state index in [-0.39, 0.29) is 36.8 Å². The number of aryl methyl sites for hydroxylation is 1. The molecular weight excluding hydrogens is 337 g/mol. The van der Waals surface area contributed by atoms with Crippen molar-refractivity contribution >= 4 is 36.4 Å². The van der Waals surface area contributed by atoms with Gasteiger partial charge in [0, 0.05) is 45.5 Å². The lowest BCUT2D eigenvalue weighted by Gasteiger charge is -2.37. The van der Waals surface area contributed by atoms with Crippen LogP contribution in [0.5, 0.6) is 0 Å². The molecule has 2 rings (SSSR count). The molecule has 1 fully saturated rings. The van der Waals surface area contributed by atoms with Crippen molar-refractivity contribution in [1.29, 1.82) is 0 Å². The topological polar surface area (TPSA) is 58.8 Å². The summed E-state index contributed by atoms with van der Waals surface area (Å²) >= 11 is 0. The van der Waals surface area contributed by atoms with Gasteiger partial charge in [-0.2, -0.15) is 0 Å². The first kappa shape index (κ1) is 22.0. The van der Waals surface area contributed by atoms with Crippen LogP contribution in [0.25, 0.3) is 0 Å². The predicted octanol–water partition coefficient (Wildman–Crippen LogP) is 1.85. The van der Waals surface area contributed by atoms with Gasteiger partial charge >= 0.3 is 0 Å². The number of hydrogen-bond acceptors (Lipinski definition) is 4. The number of carbonyl (C=O) groups is 1. The van der Waals surface area contributed by atoms with Crippen LogP contribution in [0.3, 0.4) is 0 Å². The number of nitrogens with zero attached hydrogens (tertiary/aromatic N) is 2. The average Bonchev–Trinajstić information content (AvgIpc) is 2.53. The monoisotopic (exact) mass is 363 g/mol. The van der Waals surface area contributed by atoms with Crippen molar-refractivity contribution in [2.45, 2.75) is 19.4 Å². The summed E-state index contributed by atoms with van der Waals surface area (Å²) in [5, 5.41) is 0. The minimum absolute atomic E-state index is 0. The van der Waals surface area contributed by atoms with Crippen molar-refractivity contribution in [1.82, 2.24) is 4.90 Å². The van der Waals surface area contributed by atoms with E-state index in [0.717, 1.165) is 26.2 Å². The highest BCUT2D eigenvalue weighted by molar-refractivity contribution is 5.85. The van der Waals surface area contributed by atoms with Crippen LogP contribution >= 0.6 is 24.8 Å². The van der Waals surface area contributed by atoms with E-state index >= 15 is 0 Å². The largest absolute Gasteiger partial charge is 0.380 e. The molecule has 1 atom stereocenters. The molecule has 1 saturated heterocycles. The molecule has 1 aliphatic rings. The number of hydrogen-bond donors (Lipinski definition) is 1. The third-order valence-electron chi connectivity index (χ3n) is 4.09. The maximum Gasteiger partial charge on any atom is 0.225 e. The number of benzene rings is 1. The number of amides is 1. The second kappa shape index (κ2) is 10.7. The van der Waals surface area contributed by atoms with Crippen LogP contribution in [-0.2, 0) is 9.53 Å². The fraction of sp³-hybridized carbons (Fsp3) is 0.562. The van der Waals surface area contributed by atoms with Gasteiger partial charge in [0.1, 0.15) is 0 Å². The second-order valence-corrected chi connectivity index (χ2v) is 5.45. The number of anilines is 1. The van der Waals surface area contributed by atoms with Gasteiger partial charge in [-0.25, -0.2) is 0 Å². The second-order valence-electron chi connectivity index (χ2n) is 5.45. The normalized spacial score (nSPS) is 15.4. The van der Waals surface area contributed by atoms with Crippen LogP contribution in [0.2, 0.25) is 0 Å². The Labute approximate surface area is 151 Å². The number of halogens is 2. The zero-order chi connectivity index (χ0) is 15.2. The summed E-state index contributed by atoms with van der Waals surface area (Å²) < 4.78 is 5.18. The SMILES string of the molecule is COC(CN)CC(=O)N1CCN(c2ccccc2C)CC1.Cl.Cl. The molecule has 0 bridgehead atoms. The van der Waals surface area contributed by atoms with Gasteiger partial charge in [0.15, 0.2) is 0 Å². The number of piperazine rings is 1. The van der Waals surface area contributed by atoms with Crippen LogP contribution < -0.4 is 10.6 Å². The Kier molecular flexibility index (Phi) is 10.2. The van der Waals surface area contributed by atoms with E-state index in [9.17, 15) is 4.79 Å². The molecule has 0 spiro atoms. The Morgan fingerprint density at radius 3 is 2.35 bits per heavy atom. The van der Waals surface area contributed by atoms with Gasteiger partial charge in [-0.05, 0) is 18.6 Å². The number of para-hydroxylation sites is 1. The first-order chi connectivity index (χ1) is 10.2. The molecule has 132 valence electrons. The fourth-order valence-electron chi connectivity index (χ4n) is 2.70. The molecule has 0 aromatic heterocycles. The molecular formula is C16H27Cl2N3O2. The highest BCUT2D eigenvalue weighted by Crippen LogP contribution is 2.21. The van der Waals surface area contributed by atoms with Crippen LogP contribution in [-0.4, -0.2) is 56.7 Å². The van der Waals surface area contributed by atoms with E-state index in [4.69, 9.17) is 10.5 Å². The Morgan fingerprint density at radius 1 is 1.22 bits per heavy atom. The Morgan fingerprint density at radius 2 is 1.83 bits per heavy atom. The number of rotatable bonds is 5. The number of ether oxygens (including phenoxy) is 1. The summed E-state index contributed by atoms with van der Waals surface area (Å²) in [6.07, 6.45) is 0.198. The quantitative estimate of drug-likeness (QED) is 0.867. The highest BCUT2D eigenvalue weighted by atomic mass is 35.5. The van der Waals surface area contributed by atoms with Crippen molar-refractivity contribution in [3.8, 4) is 0 Å². The summed E-state index contributed by atoms with van der Waals surface area (Å²) in [4.78, 5) is 16.5. The van der Waals surface area contributed by atoms with Gasteiger partial charge in [-0.15, -0.1) is 24.8 Å². The zero-order valence-electron chi connectivity index (χ0n) is 13.7. The molecule has 1 heterocycles. The third-order valence-corrected chi connectivity index (χ3v) is 4.09. The maximum absolute atomic E-state index is 12.2. The van der Waals surface area contributed by atoms with Gasteiger partial charge in [-0.1, -0.05) is 18.2 Å². The molecule has 1 aromatic carbocycles. The molecule has 0 saturated carbocycles. The lowest BCUT2D eigenvalue weighted by atomic mass is 10.1. The molecule has 1 aromatic rings. The van der Waals surface area contributed by atoms with E-state index in [1.54, 1.807) is 7.11 Å². The van der Waals surface area contributed by atoms with E-state index in [1.807, 2.05) is 4.90 Å². The summed E-state index contributed by atoms with van der Waals surface area (Å²) in [5.74, 6) is 0.136. The molecule has 1 aliphatic heterocycles. The first-order valence-electron chi connectivity index (χ1n) is 7.47. The number of carbonyl (C=O) groups excluding carboxylic acids is 1. The Hall–Kier alpha value is -1.01. The third kappa shape index (κ3) is 5.84. The fourth-order valence-corrected chi connectivity index (χ4v) is 2.70. The first-order valence-corrected chi connectivity index (χ1v) is 7.47. The van der Waals surface area contributed by atoms with Crippen molar-refractivity contribution in [2.75, 3.05) is 44.7 Å². The summed E-state index contributed by atoms with van der Waals surface area (Å²) in [7, 11) is 1.60. The van der Waals surface area contributed by atoms with Crippen LogP contribution in [0.1, 0.15) is 12.0 Å². The van der Waals surface area contributed by atoms with E-state index in [0.29, 0.717) is 13.0 Å². The Balaban J connectivity index is 0.00000242. The molecule has 23 heavy (non-hydrogen) atoms. The van der Waals surface area contributed by atoms with Crippen molar-refractivity contribution < 1.29 is 9.53 Å². The minimum Gasteiger partial charge on any atom is -0.380 e. The van der Waals surface area contributed by atoms with Gasteiger partial charge in [0.05, 0.1) is 12.5 Å². The minimum atomic E-state index is -0.174. The van der Waals surface area contributed by atoms with Gasteiger partial charge in [-0.3, -0.25) is 4.79 Å². The van der Waals surface area contributed by atoms with E-state index < -0.39 is 0 Å². The van der Waals surface area contributed by atoms with Crippen molar-refractivity contribution in [2.24, 2.45) is 5.73 Å². The summed E-state index contributed by atoms with van der Waals surface area (Å²) in [5.41, 5.74) is 8.11. The lowest BCUT2D eigenvalue weighted by molar-refractivity contribution is -0.133. The summed E-state index contributed by atoms with van der Waals surface area (Å²) in [6.45, 7) is 5.76. The smallest absolute Gasteiger partial charge is 0.225 e. The van der Waals surface area contributed by atoms with Gasteiger partial charge in [0.2, 0.25) is 5.91 Å².